The fourth-order valence-corrected chi connectivity index (χ4v) is 2.01. The highest BCUT2D eigenvalue weighted by atomic mass is 16.6. The van der Waals surface area contributed by atoms with Gasteiger partial charge < -0.3 is 15.5 Å². The molecule has 0 saturated carbocycles. The minimum Gasteiger partial charge on any atom is -0.325 e. The third-order valence-electron chi connectivity index (χ3n) is 3.39. The van der Waals surface area contributed by atoms with Crippen molar-refractivity contribution in [1.29, 1.82) is 0 Å². The zero-order chi connectivity index (χ0) is 18.4. The second-order valence-electron chi connectivity index (χ2n) is 5.50. The molecule has 2 aromatic rings. The highest BCUT2D eigenvalue weighted by molar-refractivity contribution is 5.96. The number of nitrogens with one attached hydrogen (secondary N) is 2. The van der Waals surface area contributed by atoms with Crippen molar-refractivity contribution in [2.75, 3.05) is 24.2 Å². The number of anilines is 2. The van der Waals surface area contributed by atoms with Gasteiger partial charge in [0.1, 0.15) is 6.54 Å². The van der Waals surface area contributed by atoms with E-state index in [0.717, 1.165) is 5.56 Å². The molecule has 0 aromatic heterocycles. The van der Waals surface area contributed by atoms with Crippen molar-refractivity contribution in [2.45, 2.75) is 6.92 Å². The maximum absolute atomic E-state index is 12.1. The van der Waals surface area contributed by atoms with E-state index in [9.17, 15) is 19.7 Å². The third kappa shape index (κ3) is 5.31. The van der Waals surface area contributed by atoms with E-state index in [1.807, 2.05) is 19.1 Å². The molecule has 0 bridgehead atoms. The average molecular weight is 342 g/mol. The van der Waals surface area contributed by atoms with Gasteiger partial charge in [-0.3, -0.25) is 14.9 Å². The van der Waals surface area contributed by atoms with Crippen LogP contribution in [0.4, 0.5) is 21.9 Å². The molecule has 0 unspecified atom stereocenters. The number of hydrogen-bond acceptors (Lipinski definition) is 4. The molecule has 0 saturated heterocycles. The number of amides is 3. The molecular formula is C17H18N4O4. The predicted octanol–water partition coefficient (Wildman–Crippen LogP) is 3.01. The van der Waals surface area contributed by atoms with Crippen molar-refractivity contribution < 1.29 is 14.5 Å². The summed E-state index contributed by atoms with van der Waals surface area (Å²) in [7, 11) is 1.48. The van der Waals surface area contributed by atoms with Gasteiger partial charge in [-0.25, -0.2) is 4.79 Å². The lowest BCUT2D eigenvalue weighted by atomic mass is 10.2. The molecule has 2 aromatic carbocycles. The largest absolute Gasteiger partial charge is 0.325 e. The van der Waals surface area contributed by atoms with Crippen LogP contribution in [0.3, 0.4) is 0 Å². The summed E-state index contributed by atoms with van der Waals surface area (Å²) in [6.07, 6.45) is 0. The second-order valence-corrected chi connectivity index (χ2v) is 5.50. The van der Waals surface area contributed by atoms with Gasteiger partial charge in [-0.15, -0.1) is 0 Å². The molecule has 0 aliphatic heterocycles. The van der Waals surface area contributed by atoms with Crippen LogP contribution in [-0.4, -0.2) is 35.4 Å². The van der Waals surface area contributed by atoms with Crippen LogP contribution in [0.5, 0.6) is 0 Å². The van der Waals surface area contributed by atoms with Crippen LogP contribution < -0.4 is 10.6 Å². The third-order valence-corrected chi connectivity index (χ3v) is 3.39. The van der Waals surface area contributed by atoms with E-state index >= 15 is 0 Å². The number of rotatable bonds is 5. The van der Waals surface area contributed by atoms with Gasteiger partial charge in [0.25, 0.3) is 5.69 Å². The number of urea groups is 1. The minimum atomic E-state index is -0.521. The molecule has 0 aliphatic carbocycles. The average Bonchev–Trinajstić information content (AvgIpc) is 2.57. The van der Waals surface area contributed by atoms with Gasteiger partial charge >= 0.3 is 6.03 Å². The molecule has 2 N–H and O–H groups in total. The number of hydrogen-bond donors (Lipinski definition) is 2. The molecule has 8 heteroatoms. The summed E-state index contributed by atoms with van der Waals surface area (Å²) < 4.78 is 0. The van der Waals surface area contributed by atoms with Crippen molar-refractivity contribution in [3.63, 3.8) is 0 Å². The Balaban J connectivity index is 1.87. The zero-order valence-corrected chi connectivity index (χ0v) is 13.9. The molecule has 2 rings (SSSR count). The summed E-state index contributed by atoms with van der Waals surface area (Å²) >= 11 is 0. The quantitative estimate of drug-likeness (QED) is 0.643. The highest BCUT2D eigenvalue weighted by Gasteiger charge is 2.14. The Bertz CT molecular complexity index is 772. The first-order valence-electron chi connectivity index (χ1n) is 7.48. The number of carbonyl (C=O) groups is 2. The van der Waals surface area contributed by atoms with Crippen LogP contribution in [0, 0.1) is 17.0 Å². The maximum atomic E-state index is 12.1. The molecule has 0 atom stereocenters. The van der Waals surface area contributed by atoms with E-state index < -0.39 is 11.0 Å². The topological polar surface area (TPSA) is 105 Å². The van der Waals surface area contributed by atoms with Gasteiger partial charge in [0.2, 0.25) is 5.91 Å². The SMILES string of the molecule is Cc1ccc(NC(=O)CN(C)C(=O)Nc2ccc([N+](=O)[O-])cc2)cc1. The number of nitro benzene ring substituents is 1. The fraction of sp³-hybridized carbons (Fsp3) is 0.176. The summed E-state index contributed by atoms with van der Waals surface area (Å²) in [5.74, 6) is -0.329. The van der Waals surface area contributed by atoms with Crippen LogP contribution in [0.2, 0.25) is 0 Å². The first-order valence-corrected chi connectivity index (χ1v) is 7.48. The number of carbonyl (C=O) groups excluding carboxylic acids is 2. The van der Waals surface area contributed by atoms with E-state index in [2.05, 4.69) is 10.6 Å². The summed E-state index contributed by atoms with van der Waals surface area (Å²) in [6.45, 7) is 1.81. The van der Waals surface area contributed by atoms with E-state index in [1.54, 1.807) is 12.1 Å². The summed E-state index contributed by atoms with van der Waals surface area (Å²) in [5.41, 5.74) is 2.07. The lowest BCUT2D eigenvalue weighted by molar-refractivity contribution is -0.384. The Hall–Kier alpha value is -3.42. The first-order chi connectivity index (χ1) is 11.8. The summed E-state index contributed by atoms with van der Waals surface area (Å²) in [6, 6.07) is 12.3. The number of nitro groups is 1. The van der Waals surface area contributed by atoms with Crippen molar-refractivity contribution >= 4 is 29.0 Å². The lowest BCUT2D eigenvalue weighted by Crippen LogP contribution is -2.37. The minimum absolute atomic E-state index is 0.0659. The number of likely N-dealkylation sites (N-methyl/N-ethyl adjacent to an activating group) is 1. The molecule has 0 radical (unpaired) electrons. The maximum Gasteiger partial charge on any atom is 0.322 e. The van der Waals surface area contributed by atoms with Crippen molar-refractivity contribution in [3.05, 3.63) is 64.2 Å². The number of non-ortho nitro benzene ring substituents is 1. The van der Waals surface area contributed by atoms with E-state index in [0.29, 0.717) is 11.4 Å². The van der Waals surface area contributed by atoms with Crippen LogP contribution in [0.25, 0.3) is 0 Å². The van der Waals surface area contributed by atoms with E-state index in [1.165, 1.54) is 36.2 Å². The van der Waals surface area contributed by atoms with Gasteiger partial charge in [0.15, 0.2) is 0 Å². The first kappa shape index (κ1) is 17.9. The van der Waals surface area contributed by atoms with Crippen LogP contribution in [0.15, 0.2) is 48.5 Å². The van der Waals surface area contributed by atoms with Gasteiger partial charge in [0, 0.05) is 30.6 Å². The Morgan fingerprint density at radius 1 is 1.00 bits per heavy atom. The second kappa shape index (κ2) is 7.91. The van der Waals surface area contributed by atoms with E-state index in [-0.39, 0.29) is 18.1 Å². The molecule has 3 amide bonds. The molecule has 8 nitrogen and oxygen atoms in total. The lowest BCUT2D eigenvalue weighted by Gasteiger charge is -2.17. The molecule has 0 aliphatic rings. The van der Waals surface area contributed by atoms with E-state index in [4.69, 9.17) is 0 Å². The van der Waals surface area contributed by atoms with Gasteiger partial charge in [0.05, 0.1) is 4.92 Å². The Labute approximate surface area is 144 Å². The highest BCUT2D eigenvalue weighted by Crippen LogP contribution is 2.15. The van der Waals surface area contributed by atoms with Crippen molar-refractivity contribution in [2.24, 2.45) is 0 Å². The predicted molar refractivity (Wildman–Crippen MR) is 94.6 cm³/mol. The normalized spacial score (nSPS) is 10.0. The van der Waals surface area contributed by atoms with Crippen LogP contribution in [-0.2, 0) is 4.79 Å². The molecule has 130 valence electrons. The number of nitrogens with zero attached hydrogens (tertiary/aromatic N) is 2. The van der Waals surface area contributed by atoms with Gasteiger partial charge in [-0.1, -0.05) is 17.7 Å². The summed E-state index contributed by atoms with van der Waals surface area (Å²) in [5, 5.41) is 15.9. The summed E-state index contributed by atoms with van der Waals surface area (Å²) in [4.78, 5) is 35.3. The number of benzene rings is 2. The Kier molecular flexibility index (Phi) is 5.67. The Morgan fingerprint density at radius 2 is 1.52 bits per heavy atom. The van der Waals surface area contributed by atoms with Crippen LogP contribution >= 0.6 is 0 Å². The Morgan fingerprint density at radius 3 is 2.08 bits per heavy atom. The standard InChI is InChI=1S/C17H18N4O4/c1-12-3-5-13(6-4-12)18-16(22)11-20(2)17(23)19-14-7-9-15(10-8-14)21(24)25/h3-10H,11H2,1-2H3,(H,18,22)(H,19,23). The molecule has 0 heterocycles. The molecule has 0 spiro atoms. The monoisotopic (exact) mass is 342 g/mol. The molecule has 0 fully saturated rings. The van der Waals surface area contributed by atoms with Crippen molar-refractivity contribution in [3.8, 4) is 0 Å². The smallest absolute Gasteiger partial charge is 0.322 e. The molecule has 25 heavy (non-hydrogen) atoms. The molecular weight excluding hydrogens is 324 g/mol. The van der Waals surface area contributed by atoms with Crippen molar-refractivity contribution in [1.82, 2.24) is 4.90 Å². The fourth-order valence-electron chi connectivity index (χ4n) is 2.01. The number of aryl methyl sites for hydroxylation is 1. The zero-order valence-electron chi connectivity index (χ0n) is 13.9. The van der Waals surface area contributed by atoms with Gasteiger partial charge in [-0.05, 0) is 31.2 Å². The van der Waals surface area contributed by atoms with Gasteiger partial charge in [-0.2, -0.15) is 0 Å². The van der Waals surface area contributed by atoms with Crippen LogP contribution in [0.1, 0.15) is 5.56 Å².